The van der Waals surface area contributed by atoms with Crippen LogP contribution in [-0.4, -0.2) is 24.8 Å². The van der Waals surface area contributed by atoms with Gasteiger partial charge in [-0.25, -0.2) is 4.39 Å². The highest BCUT2D eigenvalue weighted by molar-refractivity contribution is 5.88. The Balaban J connectivity index is 1.64. The summed E-state index contributed by atoms with van der Waals surface area (Å²) in [5, 5.41) is 8.10. The van der Waals surface area contributed by atoms with Gasteiger partial charge < -0.3 is 19.9 Å². The summed E-state index contributed by atoms with van der Waals surface area (Å²) in [5.74, 6) is 0.505. The van der Waals surface area contributed by atoms with E-state index >= 15 is 0 Å². The van der Waals surface area contributed by atoms with Gasteiger partial charge in [0.2, 0.25) is 0 Å². The van der Waals surface area contributed by atoms with E-state index in [9.17, 15) is 4.39 Å². The largest absolute Gasteiger partial charge is 0.494 e. The van der Waals surface area contributed by atoms with Gasteiger partial charge in [-0.05, 0) is 61.7 Å². The molecule has 0 saturated carbocycles. The smallest absolute Gasteiger partial charge is 0.165 e. The topological polar surface area (TPSA) is 38.2 Å². The molecule has 1 aliphatic heterocycles. The number of halogens is 1. The van der Waals surface area contributed by atoms with Crippen molar-refractivity contribution in [2.45, 2.75) is 18.8 Å². The Morgan fingerprint density at radius 2 is 1.85 bits per heavy atom. The van der Waals surface area contributed by atoms with E-state index in [-0.39, 0.29) is 11.6 Å². The number of hydrogen-bond acceptors (Lipinski definition) is 3. The minimum Gasteiger partial charge on any atom is -0.494 e. The first kappa shape index (κ1) is 16.9. The first-order valence-corrected chi connectivity index (χ1v) is 9.06. The molecule has 0 spiro atoms. The van der Waals surface area contributed by atoms with Crippen LogP contribution in [-0.2, 0) is 7.05 Å². The molecule has 0 unspecified atom stereocenters. The van der Waals surface area contributed by atoms with E-state index in [1.165, 1.54) is 42.5 Å². The average molecular weight is 353 g/mol. The lowest BCUT2D eigenvalue weighted by Gasteiger charge is -2.22. The summed E-state index contributed by atoms with van der Waals surface area (Å²) in [4.78, 5) is 0. The molecule has 2 aromatic carbocycles. The third kappa shape index (κ3) is 3.15. The molecule has 0 aliphatic carbocycles. The fourth-order valence-electron chi connectivity index (χ4n) is 3.86. The van der Waals surface area contributed by atoms with Gasteiger partial charge in [0.25, 0.3) is 0 Å². The SMILES string of the molecule is COc1cc(Nc2ccc3c(C4CCNCC4)cn(C)c3c2)ccc1F. The number of rotatable bonds is 4. The van der Waals surface area contributed by atoms with Crippen LogP contribution in [0.25, 0.3) is 10.9 Å². The van der Waals surface area contributed by atoms with Gasteiger partial charge in [0, 0.05) is 36.1 Å². The molecule has 4 rings (SSSR count). The Kier molecular flexibility index (Phi) is 4.55. The lowest BCUT2D eigenvalue weighted by Crippen LogP contribution is -2.26. The molecule has 4 nitrogen and oxygen atoms in total. The number of nitrogens with zero attached hydrogens (tertiary/aromatic N) is 1. The van der Waals surface area contributed by atoms with Crippen molar-refractivity contribution in [3.05, 3.63) is 54.0 Å². The minimum atomic E-state index is -0.359. The predicted molar refractivity (Wildman–Crippen MR) is 104 cm³/mol. The van der Waals surface area contributed by atoms with E-state index in [0.717, 1.165) is 24.5 Å². The van der Waals surface area contributed by atoms with Crippen LogP contribution in [0, 0.1) is 5.82 Å². The van der Waals surface area contributed by atoms with Gasteiger partial charge in [0.15, 0.2) is 11.6 Å². The quantitative estimate of drug-likeness (QED) is 0.723. The molecular formula is C21H24FN3O. The first-order chi connectivity index (χ1) is 12.7. The fourth-order valence-corrected chi connectivity index (χ4v) is 3.86. The fraction of sp³-hybridized carbons (Fsp3) is 0.333. The van der Waals surface area contributed by atoms with Crippen molar-refractivity contribution in [3.63, 3.8) is 0 Å². The average Bonchev–Trinajstić information content (AvgIpc) is 3.00. The summed E-state index contributed by atoms with van der Waals surface area (Å²) in [6.45, 7) is 2.18. The van der Waals surface area contributed by atoms with Gasteiger partial charge >= 0.3 is 0 Å². The van der Waals surface area contributed by atoms with E-state index in [0.29, 0.717) is 5.92 Å². The van der Waals surface area contributed by atoms with Crippen LogP contribution in [0.1, 0.15) is 24.3 Å². The van der Waals surface area contributed by atoms with Crippen LogP contribution >= 0.6 is 0 Å². The van der Waals surface area contributed by atoms with Crippen LogP contribution in [0.15, 0.2) is 42.6 Å². The second-order valence-corrected chi connectivity index (χ2v) is 6.93. The highest BCUT2D eigenvalue weighted by Crippen LogP contribution is 2.34. The van der Waals surface area contributed by atoms with Crippen molar-refractivity contribution in [3.8, 4) is 5.75 Å². The van der Waals surface area contributed by atoms with Crippen molar-refractivity contribution in [1.29, 1.82) is 0 Å². The Morgan fingerprint density at radius 1 is 1.12 bits per heavy atom. The van der Waals surface area contributed by atoms with Crippen molar-refractivity contribution in [2.24, 2.45) is 7.05 Å². The maximum atomic E-state index is 13.6. The maximum Gasteiger partial charge on any atom is 0.165 e. The van der Waals surface area contributed by atoms with E-state index in [4.69, 9.17) is 4.74 Å². The number of hydrogen-bond donors (Lipinski definition) is 2. The van der Waals surface area contributed by atoms with Crippen LogP contribution < -0.4 is 15.4 Å². The molecule has 5 heteroatoms. The highest BCUT2D eigenvalue weighted by Gasteiger charge is 2.19. The number of methoxy groups -OCH3 is 1. The summed E-state index contributed by atoms with van der Waals surface area (Å²) >= 11 is 0. The lowest BCUT2D eigenvalue weighted by molar-refractivity contribution is 0.387. The number of benzene rings is 2. The Hall–Kier alpha value is -2.53. The summed E-state index contributed by atoms with van der Waals surface area (Å²) in [7, 11) is 3.57. The molecular weight excluding hydrogens is 329 g/mol. The van der Waals surface area contributed by atoms with Crippen molar-refractivity contribution in [2.75, 3.05) is 25.5 Å². The molecule has 0 radical (unpaired) electrons. The third-order valence-corrected chi connectivity index (χ3v) is 5.24. The molecule has 3 aromatic rings. The molecule has 1 saturated heterocycles. The molecule has 2 N–H and O–H groups in total. The normalized spacial score (nSPS) is 15.3. The van der Waals surface area contributed by atoms with Gasteiger partial charge in [-0.2, -0.15) is 0 Å². The summed E-state index contributed by atoms with van der Waals surface area (Å²) in [6.07, 6.45) is 4.65. The van der Waals surface area contributed by atoms with E-state index in [1.54, 1.807) is 12.1 Å². The molecule has 0 atom stereocenters. The van der Waals surface area contributed by atoms with E-state index in [2.05, 4.69) is 46.6 Å². The third-order valence-electron chi connectivity index (χ3n) is 5.24. The maximum absolute atomic E-state index is 13.6. The zero-order valence-corrected chi connectivity index (χ0v) is 15.2. The zero-order valence-electron chi connectivity index (χ0n) is 15.2. The highest BCUT2D eigenvalue weighted by atomic mass is 19.1. The van der Waals surface area contributed by atoms with Gasteiger partial charge in [-0.3, -0.25) is 0 Å². The molecule has 1 aliphatic rings. The zero-order chi connectivity index (χ0) is 18.1. The molecule has 0 bridgehead atoms. The molecule has 136 valence electrons. The monoisotopic (exact) mass is 353 g/mol. The lowest BCUT2D eigenvalue weighted by atomic mass is 9.90. The van der Waals surface area contributed by atoms with Crippen molar-refractivity contribution < 1.29 is 9.13 Å². The van der Waals surface area contributed by atoms with Gasteiger partial charge in [0.1, 0.15) is 0 Å². The molecule has 0 amide bonds. The van der Waals surface area contributed by atoms with Crippen LogP contribution in [0.4, 0.5) is 15.8 Å². The molecule has 26 heavy (non-hydrogen) atoms. The number of anilines is 2. The van der Waals surface area contributed by atoms with Crippen molar-refractivity contribution >= 4 is 22.3 Å². The molecule has 1 fully saturated rings. The van der Waals surface area contributed by atoms with Crippen LogP contribution in [0.3, 0.4) is 0 Å². The van der Waals surface area contributed by atoms with Gasteiger partial charge in [0.05, 0.1) is 12.6 Å². The minimum absolute atomic E-state index is 0.239. The van der Waals surface area contributed by atoms with Crippen LogP contribution in [0.2, 0.25) is 0 Å². The second-order valence-electron chi connectivity index (χ2n) is 6.93. The van der Waals surface area contributed by atoms with Gasteiger partial charge in [-0.15, -0.1) is 0 Å². The second kappa shape index (κ2) is 7.00. The summed E-state index contributed by atoms with van der Waals surface area (Å²) in [5.41, 5.74) is 4.43. The standard InChI is InChI=1S/C21H24FN3O/c1-25-13-18(14-7-9-23-10-8-14)17-5-3-15(11-20(17)25)24-16-4-6-19(22)21(12-16)26-2/h3-6,11-14,23-24H,7-10H2,1-2H3. The number of ether oxygens (including phenoxy) is 1. The number of aromatic nitrogens is 1. The summed E-state index contributed by atoms with van der Waals surface area (Å²) < 4.78 is 20.8. The Morgan fingerprint density at radius 3 is 2.62 bits per heavy atom. The van der Waals surface area contributed by atoms with Gasteiger partial charge in [-0.1, -0.05) is 6.07 Å². The number of aryl methyl sites for hydroxylation is 1. The van der Waals surface area contributed by atoms with Crippen LogP contribution in [0.5, 0.6) is 5.75 Å². The number of fused-ring (bicyclic) bond motifs is 1. The first-order valence-electron chi connectivity index (χ1n) is 9.06. The Labute approximate surface area is 153 Å². The Bertz CT molecular complexity index is 928. The summed E-state index contributed by atoms with van der Waals surface area (Å²) in [6, 6.07) is 11.2. The predicted octanol–water partition coefficient (Wildman–Crippen LogP) is 4.54. The number of nitrogens with one attached hydrogen (secondary N) is 2. The molecule has 2 heterocycles. The van der Waals surface area contributed by atoms with Crippen molar-refractivity contribution in [1.82, 2.24) is 9.88 Å². The number of piperidine rings is 1. The van der Waals surface area contributed by atoms with E-state index in [1.807, 2.05) is 0 Å². The van der Waals surface area contributed by atoms with E-state index < -0.39 is 0 Å². The molecule has 1 aromatic heterocycles.